The van der Waals surface area contributed by atoms with Gasteiger partial charge in [-0.2, -0.15) is 0 Å². The largest absolute Gasteiger partial charge is 0.508 e. The highest BCUT2D eigenvalue weighted by Crippen LogP contribution is 2.42. The molecule has 1 aromatic rings. The normalized spacial score (nSPS) is 20.0. The average molecular weight is 346 g/mol. The van der Waals surface area contributed by atoms with Crippen molar-refractivity contribution in [2.75, 3.05) is 0 Å². The Hall–Kier alpha value is -0.995. The van der Waals surface area contributed by atoms with Gasteiger partial charge in [-0.1, -0.05) is 51.2 Å². The molecule has 1 aromatic carbocycles. The predicted molar refractivity (Wildman–Crippen MR) is 105 cm³/mol. The van der Waals surface area contributed by atoms with Crippen LogP contribution in [0.1, 0.15) is 78.7 Å². The summed E-state index contributed by atoms with van der Waals surface area (Å²) in [6, 6.07) is 7.55. The summed E-state index contributed by atoms with van der Waals surface area (Å²) in [6.07, 6.45) is 8.18. The number of aromatic hydroxyl groups is 1. The molecule has 1 saturated heterocycles. The van der Waals surface area contributed by atoms with Gasteiger partial charge in [0.25, 0.3) is 0 Å². The number of hydrogen-bond donors (Lipinski definition) is 1. The quantitative estimate of drug-likeness (QED) is 0.456. The molecule has 1 aliphatic heterocycles. The first-order valence-electron chi connectivity index (χ1n) is 9.89. The molecule has 1 heterocycles. The summed E-state index contributed by atoms with van der Waals surface area (Å²) < 4.78 is 12.6. The lowest BCUT2D eigenvalue weighted by Gasteiger charge is -2.32. The maximum atomic E-state index is 9.40. The third kappa shape index (κ3) is 5.49. The summed E-state index contributed by atoms with van der Waals surface area (Å²) >= 11 is 0. The van der Waals surface area contributed by atoms with Crippen LogP contribution in [0.15, 0.2) is 24.3 Å². The second-order valence-electron chi connectivity index (χ2n) is 8.44. The van der Waals surface area contributed by atoms with Crippen LogP contribution in [-0.4, -0.2) is 23.4 Å². The number of aryl methyl sites for hydroxylation is 1. The maximum absolute atomic E-state index is 9.40. The Morgan fingerprint density at radius 3 is 2.04 bits per heavy atom. The molecule has 3 nitrogen and oxygen atoms in total. The molecule has 0 bridgehead atoms. The Labute approximate surface area is 154 Å². The van der Waals surface area contributed by atoms with Crippen LogP contribution in [-0.2, 0) is 15.7 Å². The van der Waals surface area contributed by atoms with E-state index in [1.54, 1.807) is 12.1 Å². The molecule has 0 spiro atoms. The lowest BCUT2D eigenvalue weighted by atomic mass is 9.66. The van der Waals surface area contributed by atoms with Gasteiger partial charge >= 0.3 is 7.12 Å². The van der Waals surface area contributed by atoms with Gasteiger partial charge in [-0.05, 0) is 64.1 Å². The molecule has 0 saturated carbocycles. The number of benzene rings is 1. The van der Waals surface area contributed by atoms with Crippen LogP contribution in [0.5, 0.6) is 5.75 Å². The van der Waals surface area contributed by atoms with Crippen LogP contribution in [0.25, 0.3) is 0 Å². The zero-order chi connectivity index (χ0) is 18.5. The van der Waals surface area contributed by atoms with E-state index in [4.69, 9.17) is 9.31 Å². The lowest BCUT2D eigenvalue weighted by Crippen LogP contribution is -2.41. The zero-order valence-electron chi connectivity index (χ0n) is 16.7. The summed E-state index contributed by atoms with van der Waals surface area (Å²) in [5.41, 5.74) is 0.772. The number of phenols is 1. The number of phenolic OH excluding ortho intramolecular Hbond substituents is 1. The zero-order valence-corrected chi connectivity index (χ0v) is 16.7. The average Bonchev–Trinajstić information content (AvgIpc) is 2.76. The predicted octanol–water partition coefficient (Wildman–Crippen LogP) is 5.76. The highest BCUT2D eigenvalue weighted by molar-refractivity contribution is 6.47. The standard InChI is InChI=1S/C21H35BO3/c1-6-7-8-11-18(22-24-20(2,3)21(4,5)25-22)12-9-10-17-13-15-19(23)16-14-17/h13-16,18,23H,6-12H2,1-5H3/t18-/m0/s1. The highest BCUT2D eigenvalue weighted by atomic mass is 16.7. The molecule has 1 fully saturated rings. The summed E-state index contributed by atoms with van der Waals surface area (Å²) in [5.74, 6) is 0.781. The van der Waals surface area contributed by atoms with Gasteiger partial charge < -0.3 is 14.4 Å². The monoisotopic (exact) mass is 346 g/mol. The van der Waals surface area contributed by atoms with Crippen molar-refractivity contribution in [3.63, 3.8) is 0 Å². The third-order valence-corrected chi connectivity index (χ3v) is 5.81. The van der Waals surface area contributed by atoms with Crippen LogP contribution >= 0.6 is 0 Å². The summed E-state index contributed by atoms with van der Waals surface area (Å²) in [4.78, 5) is 0. The van der Waals surface area contributed by atoms with Crippen molar-refractivity contribution in [3.05, 3.63) is 29.8 Å². The summed E-state index contributed by atoms with van der Waals surface area (Å²) in [5, 5.41) is 9.40. The van der Waals surface area contributed by atoms with Gasteiger partial charge in [-0.15, -0.1) is 0 Å². The molecular formula is C21H35BO3. The van der Waals surface area contributed by atoms with E-state index >= 15 is 0 Å². The minimum absolute atomic E-state index is 0.0957. The Bertz CT molecular complexity index is 508. The van der Waals surface area contributed by atoms with Crippen molar-refractivity contribution in [2.45, 2.75) is 96.6 Å². The second-order valence-corrected chi connectivity index (χ2v) is 8.44. The van der Waals surface area contributed by atoms with E-state index < -0.39 is 0 Å². The Morgan fingerprint density at radius 1 is 0.920 bits per heavy atom. The first-order chi connectivity index (χ1) is 11.7. The van der Waals surface area contributed by atoms with E-state index in [1.165, 1.54) is 31.2 Å². The van der Waals surface area contributed by atoms with Crippen molar-refractivity contribution in [2.24, 2.45) is 0 Å². The van der Waals surface area contributed by atoms with Crippen molar-refractivity contribution >= 4 is 7.12 Å². The maximum Gasteiger partial charge on any atom is 0.461 e. The van der Waals surface area contributed by atoms with E-state index in [2.05, 4.69) is 34.6 Å². The Balaban J connectivity index is 1.92. The van der Waals surface area contributed by atoms with Crippen molar-refractivity contribution in [1.29, 1.82) is 0 Å². The van der Waals surface area contributed by atoms with E-state index in [0.29, 0.717) is 11.6 Å². The molecule has 1 aliphatic rings. The fraction of sp³-hybridized carbons (Fsp3) is 0.714. The molecule has 0 amide bonds. The smallest absolute Gasteiger partial charge is 0.461 e. The summed E-state index contributed by atoms with van der Waals surface area (Å²) in [7, 11) is -0.0957. The van der Waals surface area contributed by atoms with E-state index in [9.17, 15) is 5.11 Å². The Morgan fingerprint density at radius 2 is 1.48 bits per heavy atom. The van der Waals surface area contributed by atoms with Crippen LogP contribution in [0, 0.1) is 0 Å². The van der Waals surface area contributed by atoms with Gasteiger partial charge in [0.05, 0.1) is 11.2 Å². The molecule has 140 valence electrons. The number of rotatable bonds is 9. The van der Waals surface area contributed by atoms with Crippen molar-refractivity contribution < 1.29 is 14.4 Å². The van der Waals surface area contributed by atoms with E-state index in [0.717, 1.165) is 19.3 Å². The summed E-state index contributed by atoms with van der Waals surface area (Å²) in [6.45, 7) is 10.8. The van der Waals surface area contributed by atoms with Gasteiger partial charge in [0.1, 0.15) is 5.75 Å². The van der Waals surface area contributed by atoms with Gasteiger partial charge in [-0.25, -0.2) is 0 Å². The molecule has 2 rings (SSSR count). The Kier molecular flexibility index (Phi) is 6.98. The molecule has 0 aliphatic carbocycles. The first-order valence-corrected chi connectivity index (χ1v) is 9.89. The first kappa shape index (κ1) is 20.3. The van der Waals surface area contributed by atoms with Gasteiger partial charge in [0.15, 0.2) is 0 Å². The topological polar surface area (TPSA) is 38.7 Å². The highest BCUT2D eigenvalue weighted by Gasteiger charge is 2.53. The fourth-order valence-corrected chi connectivity index (χ4v) is 3.39. The van der Waals surface area contributed by atoms with Crippen molar-refractivity contribution in [3.8, 4) is 5.75 Å². The van der Waals surface area contributed by atoms with Gasteiger partial charge in [0.2, 0.25) is 0 Å². The lowest BCUT2D eigenvalue weighted by molar-refractivity contribution is 0.00578. The molecular weight excluding hydrogens is 311 g/mol. The SMILES string of the molecule is CCCCC[C@@H](CCCc1ccc(O)cc1)B1OC(C)(C)C(C)(C)O1. The van der Waals surface area contributed by atoms with Gasteiger partial charge in [0, 0.05) is 0 Å². The van der Waals surface area contributed by atoms with Crippen LogP contribution < -0.4 is 0 Å². The molecule has 4 heteroatoms. The molecule has 25 heavy (non-hydrogen) atoms. The molecule has 1 N–H and O–H groups in total. The second kappa shape index (κ2) is 8.59. The molecule has 1 atom stereocenters. The molecule has 0 radical (unpaired) electrons. The van der Waals surface area contributed by atoms with E-state index in [1.807, 2.05) is 12.1 Å². The fourth-order valence-electron chi connectivity index (χ4n) is 3.39. The van der Waals surface area contributed by atoms with Crippen LogP contribution in [0.2, 0.25) is 5.82 Å². The number of hydrogen-bond acceptors (Lipinski definition) is 3. The third-order valence-electron chi connectivity index (χ3n) is 5.81. The minimum atomic E-state index is -0.252. The van der Waals surface area contributed by atoms with E-state index in [-0.39, 0.29) is 18.3 Å². The van der Waals surface area contributed by atoms with Crippen LogP contribution in [0.4, 0.5) is 0 Å². The van der Waals surface area contributed by atoms with Crippen molar-refractivity contribution in [1.82, 2.24) is 0 Å². The minimum Gasteiger partial charge on any atom is -0.508 e. The molecule has 0 unspecified atom stereocenters. The number of unbranched alkanes of at least 4 members (excludes halogenated alkanes) is 2. The van der Waals surface area contributed by atoms with Crippen LogP contribution in [0.3, 0.4) is 0 Å². The molecule has 0 aromatic heterocycles. The van der Waals surface area contributed by atoms with Gasteiger partial charge in [-0.3, -0.25) is 0 Å².